The molecule has 1 aliphatic rings. The largest absolute Gasteiger partial charge is 0.494 e. The zero-order valence-corrected chi connectivity index (χ0v) is 24.8. The Morgan fingerprint density at radius 3 is 2.55 bits per heavy atom. The normalized spacial score (nSPS) is 16.4. The first kappa shape index (κ1) is 31.9. The summed E-state index contributed by atoms with van der Waals surface area (Å²) in [7, 11) is 1.63. The molecule has 1 aliphatic heterocycles. The summed E-state index contributed by atoms with van der Waals surface area (Å²) < 4.78 is 12.3. The van der Waals surface area contributed by atoms with Gasteiger partial charge in [-0.15, -0.1) is 0 Å². The van der Waals surface area contributed by atoms with Gasteiger partial charge in [-0.05, 0) is 61.5 Å². The van der Waals surface area contributed by atoms with Gasteiger partial charge in [0.15, 0.2) is 6.10 Å². The van der Waals surface area contributed by atoms with Crippen LogP contribution in [0.25, 0.3) is 10.4 Å². The van der Waals surface area contributed by atoms with Crippen molar-refractivity contribution in [2.45, 2.75) is 50.8 Å². The predicted octanol–water partition coefficient (Wildman–Crippen LogP) is 4.46. The molecule has 4 rings (SSSR count). The van der Waals surface area contributed by atoms with Crippen LogP contribution in [0.4, 0.5) is 11.4 Å². The van der Waals surface area contributed by atoms with E-state index in [0.29, 0.717) is 47.2 Å². The summed E-state index contributed by atoms with van der Waals surface area (Å²) >= 11 is 0. The summed E-state index contributed by atoms with van der Waals surface area (Å²) in [5.74, 6) is -0.241. The number of nitrogens with one attached hydrogen (secondary N) is 2. The van der Waals surface area contributed by atoms with E-state index in [-0.39, 0.29) is 18.2 Å². The Kier molecular flexibility index (Phi) is 11.2. The van der Waals surface area contributed by atoms with E-state index in [2.05, 4.69) is 20.7 Å². The Bertz CT molecular complexity index is 1490. The summed E-state index contributed by atoms with van der Waals surface area (Å²) in [4.78, 5) is 44.1. The van der Waals surface area contributed by atoms with Crippen molar-refractivity contribution in [2.75, 3.05) is 25.1 Å². The minimum atomic E-state index is -1.09. The second-order valence-electron chi connectivity index (χ2n) is 10.5. The zero-order chi connectivity index (χ0) is 31.5. The minimum Gasteiger partial charge on any atom is -0.494 e. The van der Waals surface area contributed by atoms with Crippen molar-refractivity contribution in [2.24, 2.45) is 10.8 Å². The van der Waals surface area contributed by atoms with Gasteiger partial charge in [-0.1, -0.05) is 59.7 Å². The lowest BCUT2D eigenvalue weighted by Crippen LogP contribution is -2.55. The van der Waals surface area contributed by atoms with Crippen LogP contribution in [-0.4, -0.2) is 50.0 Å². The number of hydrogen-bond donors (Lipinski definition) is 3. The van der Waals surface area contributed by atoms with Gasteiger partial charge in [0.1, 0.15) is 23.6 Å². The van der Waals surface area contributed by atoms with Gasteiger partial charge in [-0.2, -0.15) is 0 Å². The number of nitrogens with two attached hydrogens (primary N) is 1. The number of rotatable bonds is 13. The van der Waals surface area contributed by atoms with Gasteiger partial charge >= 0.3 is 0 Å². The van der Waals surface area contributed by atoms with Crippen molar-refractivity contribution >= 4 is 29.1 Å². The fourth-order valence-corrected chi connectivity index (χ4v) is 4.82. The van der Waals surface area contributed by atoms with Crippen LogP contribution in [0.5, 0.6) is 11.5 Å². The van der Waals surface area contributed by atoms with Crippen molar-refractivity contribution in [1.29, 1.82) is 0 Å². The highest BCUT2D eigenvalue weighted by Gasteiger charge is 2.40. The molecule has 3 atom stereocenters. The molecule has 12 heteroatoms. The van der Waals surface area contributed by atoms with Crippen LogP contribution >= 0.6 is 0 Å². The quantitative estimate of drug-likeness (QED) is 0.113. The lowest BCUT2D eigenvalue weighted by atomic mass is 10.0. The van der Waals surface area contributed by atoms with Crippen LogP contribution in [0, 0.1) is 0 Å². The summed E-state index contributed by atoms with van der Waals surface area (Å²) in [5.41, 5.74) is 16.5. The fraction of sp³-hybridized carbons (Fsp3) is 0.344. The number of fused-ring (bicyclic) bond motifs is 1. The van der Waals surface area contributed by atoms with E-state index in [1.807, 2.05) is 30.3 Å². The molecule has 0 aliphatic carbocycles. The van der Waals surface area contributed by atoms with Crippen LogP contribution in [0.15, 0.2) is 77.9 Å². The number of benzene rings is 3. The van der Waals surface area contributed by atoms with Crippen LogP contribution < -0.4 is 30.7 Å². The maximum atomic E-state index is 13.9. The van der Waals surface area contributed by atoms with E-state index in [4.69, 9.17) is 20.7 Å². The van der Waals surface area contributed by atoms with E-state index in [9.17, 15) is 14.4 Å². The van der Waals surface area contributed by atoms with Gasteiger partial charge in [0, 0.05) is 23.7 Å². The van der Waals surface area contributed by atoms with E-state index in [0.717, 1.165) is 19.3 Å². The Morgan fingerprint density at radius 2 is 1.84 bits per heavy atom. The summed E-state index contributed by atoms with van der Waals surface area (Å²) in [6.07, 6.45) is 1.94. The van der Waals surface area contributed by atoms with Gasteiger partial charge in [0.2, 0.25) is 11.8 Å². The van der Waals surface area contributed by atoms with Crippen molar-refractivity contribution in [3.05, 3.63) is 94.4 Å². The first-order chi connectivity index (χ1) is 21.3. The standard InChI is InChI=1S/C32H37N7O5/c1-21(35-28(40)19-22-11-13-24(14-12-22)37-38-34)31(41)36-29-30(23-9-5-3-6-10-23)44-27-16-15-25(43-18-8-4-7-17-33)20-26(27)39(2)32(29)42/h3,5-6,9-16,20-21,29-30H,4,7-8,17-19,33H2,1-2H3,(H,35,40)(H,36,41)/t21-,29-,30+/m0/s1. The lowest BCUT2D eigenvalue weighted by Gasteiger charge is -2.28. The van der Waals surface area contributed by atoms with E-state index < -0.39 is 24.1 Å². The van der Waals surface area contributed by atoms with Crippen molar-refractivity contribution < 1.29 is 23.9 Å². The molecule has 3 amide bonds. The maximum Gasteiger partial charge on any atom is 0.253 e. The van der Waals surface area contributed by atoms with Gasteiger partial charge in [-0.25, -0.2) is 0 Å². The lowest BCUT2D eigenvalue weighted by molar-refractivity contribution is -0.132. The van der Waals surface area contributed by atoms with Gasteiger partial charge in [0.05, 0.1) is 18.7 Å². The third kappa shape index (κ3) is 8.27. The number of hydrogen-bond acceptors (Lipinski definition) is 7. The zero-order valence-electron chi connectivity index (χ0n) is 24.8. The SMILES string of the molecule is C[C@H](NC(=O)Cc1ccc(N=[N+]=[N-])cc1)C(=O)N[C@@H]1C(=O)N(C)c2cc(OCCCCCN)ccc2O[C@@H]1c1ccccc1. The second-order valence-corrected chi connectivity index (χ2v) is 10.5. The van der Waals surface area contributed by atoms with Crippen LogP contribution in [0.1, 0.15) is 43.4 Å². The molecule has 3 aromatic carbocycles. The van der Waals surface area contributed by atoms with Crippen LogP contribution in [0.3, 0.4) is 0 Å². The van der Waals surface area contributed by atoms with Gasteiger partial charge in [0.25, 0.3) is 5.91 Å². The molecule has 0 spiro atoms. The molecule has 230 valence electrons. The number of carbonyl (C=O) groups excluding carboxylic acids is 3. The number of ether oxygens (including phenoxy) is 2. The molecule has 0 fully saturated rings. The average molecular weight is 600 g/mol. The third-order valence-electron chi connectivity index (χ3n) is 7.22. The first-order valence-corrected chi connectivity index (χ1v) is 14.5. The highest BCUT2D eigenvalue weighted by Crippen LogP contribution is 2.39. The molecule has 0 unspecified atom stereocenters. The second kappa shape index (κ2) is 15.4. The number of unbranched alkanes of at least 4 members (excludes halogenated alkanes) is 2. The van der Waals surface area contributed by atoms with Crippen LogP contribution in [-0.2, 0) is 20.8 Å². The predicted molar refractivity (Wildman–Crippen MR) is 167 cm³/mol. The monoisotopic (exact) mass is 599 g/mol. The first-order valence-electron chi connectivity index (χ1n) is 14.5. The minimum absolute atomic E-state index is 0.0156. The molecule has 0 aromatic heterocycles. The topological polar surface area (TPSA) is 172 Å². The van der Waals surface area contributed by atoms with E-state index in [1.165, 1.54) is 4.90 Å². The van der Waals surface area contributed by atoms with Crippen LogP contribution in [0.2, 0.25) is 0 Å². The van der Waals surface area contributed by atoms with Gasteiger partial charge in [-0.3, -0.25) is 14.4 Å². The molecule has 4 N–H and O–H groups in total. The van der Waals surface area contributed by atoms with Crippen molar-refractivity contribution in [3.8, 4) is 11.5 Å². The number of azide groups is 1. The molecule has 0 radical (unpaired) electrons. The molecular weight excluding hydrogens is 562 g/mol. The third-order valence-corrected chi connectivity index (χ3v) is 7.22. The Hall–Kier alpha value is -5.06. The average Bonchev–Trinajstić information content (AvgIpc) is 3.12. The number of amides is 3. The van der Waals surface area contributed by atoms with Crippen molar-refractivity contribution in [3.63, 3.8) is 0 Å². The molecule has 0 saturated carbocycles. The highest BCUT2D eigenvalue weighted by atomic mass is 16.5. The fourth-order valence-electron chi connectivity index (χ4n) is 4.82. The van der Waals surface area contributed by atoms with E-state index in [1.54, 1.807) is 56.4 Å². The van der Waals surface area contributed by atoms with Gasteiger partial charge < -0.3 is 30.7 Å². The summed E-state index contributed by atoms with van der Waals surface area (Å²) in [6, 6.07) is 19.0. The smallest absolute Gasteiger partial charge is 0.253 e. The molecular formula is C32H37N7O5. The number of carbonyl (C=O) groups is 3. The molecule has 44 heavy (non-hydrogen) atoms. The summed E-state index contributed by atoms with van der Waals surface area (Å²) in [6.45, 7) is 2.71. The Morgan fingerprint density at radius 1 is 1.09 bits per heavy atom. The number of anilines is 1. The maximum absolute atomic E-state index is 13.9. The number of likely N-dealkylation sites (N-methyl/N-ethyl adjacent to an activating group) is 1. The molecule has 12 nitrogen and oxygen atoms in total. The Labute approximate surface area is 256 Å². The Balaban J connectivity index is 1.48. The highest BCUT2D eigenvalue weighted by molar-refractivity contribution is 6.02. The molecule has 0 saturated heterocycles. The molecule has 3 aromatic rings. The molecule has 1 heterocycles. The summed E-state index contributed by atoms with van der Waals surface area (Å²) in [5, 5.41) is 9.03. The number of nitrogens with zero attached hydrogens (tertiary/aromatic N) is 4. The molecule has 0 bridgehead atoms. The van der Waals surface area contributed by atoms with Crippen molar-refractivity contribution in [1.82, 2.24) is 10.6 Å². The van der Waals surface area contributed by atoms with E-state index >= 15 is 0 Å².